The van der Waals surface area contributed by atoms with Crippen LogP contribution in [0.2, 0.25) is 0 Å². The van der Waals surface area contributed by atoms with Crippen LogP contribution in [0.1, 0.15) is 31.4 Å². The average Bonchev–Trinajstić information content (AvgIpc) is 2.89. The molecule has 2 rings (SSSR count). The molecule has 0 N–H and O–H groups in total. The molecule has 1 amide bonds. The second kappa shape index (κ2) is 7.64. The van der Waals surface area contributed by atoms with E-state index in [0.717, 1.165) is 33.3 Å². The summed E-state index contributed by atoms with van der Waals surface area (Å²) in [6.07, 6.45) is 2.02. The van der Waals surface area contributed by atoms with Crippen molar-refractivity contribution in [1.29, 1.82) is 0 Å². The van der Waals surface area contributed by atoms with Crippen LogP contribution in [0, 0.1) is 19.7 Å². The number of hydrogen-bond donors (Lipinski definition) is 0. The molecule has 0 aliphatic carbocycles. The fraction of sp³-hybridized carbons (Fsp3) is 0.412. The van der Waals surface area contributed by atoms with Gasteiger partial charge in [-0.25, -0.2) is 9.18 Å². The molecule has 124 valence electrons. The molecule has 1 aromatic carbocycles. The highest BCUT2D eigenvalue weighted by atomic mass is 32.2. The lowest BCUT2D eigenvalue weighted by Gasteiger charge is -2.19. The van der Waals surface area contributed by atoms with Gasteiger partial charge in [0.15, 0.2) is 10.8 Å². The van der Waals surface area contributed by atoms with Gasteiger partial charge in [0.05, 0.1) is 6.20 Å². The molecule has 0 aliphatic heterocycles. The number of halogens is 1. The Balaban J connectivity index is 2.26. The van der Waals surface area contributed by atoms with Crippen molar-refractivity contribution in [1.82, 2.24) is 14.7 Å². The highest BCUT2D eigenvalue weighted by Gasteiger charge is 2.19. The standard InChI is InChI=1S/C17H22FN3OS/c1-5-10-20(6-2)17(22)21-11-14(18)16(19-21)23-15-12(3)8-7-9-13(15)4/h7-9,11H,5-6,10H2,1-4H3. The predicted molar refractivity (Wildman–Crippen MR) is 90.6 cm³/mol. The lowest BCUT2D eigenvalue weighted by molar-refractivity contribution is 0.198. The topological polar surface area (TPSA) is 38.1 Å². The summed E-state index contributed by atoms with van der Waals surface area (Å²) in [7, 11) is 0. The maximum Gasteiger partial charge on any atom is 0.344 e. The van der Waals surface area contributed by atoms with Gasteiger partial charge < -0.3 is 4.90 Å². The van der Waals surface area contributed by atoms with Gasteiger partial charge in [-0.1, -0.05) is 36.9 Å². The van der Waals surface area contributed by atoms with Crippen LogP contribution in [0.25, 0.3) is 0 Å². The first-order valence-corrected chi connectivity index (χ1v) is 8.58. The summed E-state index contributed by atoms with van der Waals surface area (Å²) in [5, 5.41) is 4.38. The highest BCUT2D eigenvalue weighted by molar-refractivity contribution is 7.99. The molecule has 2 aromatic rings. The molecule has 0 spiro atoms. The van der Waals surface area contributed by atoms with E-state index in [-0.39, 0.29) is 11.1 Å². The summed E-state index contributed by atoms with van der Waals surface area (Å²) in [6, 6.07) is 5.64. The van der Waals surface area contributed by atoms with Crippen LogP contribution in [-0.2, 0) is 0 Å². The van der Waals surface area contributed by atoms with Crippen LogP contribution in [0.3, 0.4) is 0 Å². The molecule has 0 unspecified atom stereocenters. The second-order valence-electron chi connectivity index (χ2n) is 5.41. The molecule has 4 nitrogen and oxygen atoms in total. The van der Waals surface area contributed by atoms with E-state index in [2.05, 4.69) is 5.10 Å². The van der Waals surface area contributed by atoms with Crippen molar-refractivity contribution < 1.29 is 9.18 Å². The summed E-state index contributed by atoms with van der Waals surface area (Å²) in [6.45, 7) is 9.08. The predicted octanol–water partition coefficient (Wildman–Crippen LogP) is 4.49. The minimum absolute atomic E-state index is 0.225. The molecular formula is C17H22FN3OS. The summed E-state index contributed by atoms with van der Waals surface area (Å²) < 4.78 is 15.3. The van der Waals surface area contributed by atoms with E-state index in [1.165, 1.54) is 11.8 Å². The summed E-state index contributed by atoms with van der Waals surface area (Å²) >= 11 is 1.26. The zero-order chi connectivity index (χ0) is 17.0. The fourth-order valence-corrected chi connectivity index (χ4v) is 3.30. The lowest BCUT2D eigenvalue weighted by Crippen LogP contribution is -2.35. The van der Waals surface area contributed by atoms with Crippen LogP contribution >= 0.6 is 11.8 Å². The molecule has 0 fully saturated rings. The smallest absolute Gasteiger partial charge is 0.323 e. The Kier molecular flexibility index (Phi) is 5.82. The number of amides is 1. The number of hydrogen-bond acceptors (Lipinski definition) is 3. The van der Waals surface area contributed by atoms with Crippen LogP contribution in [0.5, 0.6) is 0 Å². The monoisotopic (exact) mass is 335 g/mol. The third-order valence-electron chi connectivity index (χ3n) is 3.59. The molecule has 0 atom stereocenters. The Morgan fingerprint density at radius 1 is 1.30 bits per heavy atom. The molecule has 1 heterocycles. The van der Waals surface area contributed by atoms with Gasteiger partial charge in [-0.2, -0.15) is 9.78 Å². The van der Waals surface area contributed by atoms with Crippen molar-refractivity contribution in [3.63, 3.8) is 0 Å². The van der Waals surface area contributed by atoms with Crippen molar-refractivity contribution in [3.05, 3.63) is 41.3 Å². The van der Waals surface area contributed by atoms with E-state index in [1.807, 2.05) is 45.9 Å². The number of benzene rings is 1. The minimum Gasteiger partial charge on any atom is -0.323 e. The number of carbonyl (C=O) groups excluding carboxylic acids is 1. The highest BCUT2D eigenvalue weighted by Crippen LogP contribution is 2.33. The van der Waals surface area contributed by atoms with Gasteiger partial charge >= 0.3 is 6.03 Å². The van der Waals surface area contributed by atoms with E-state index in [9.17, 15) is 9.18 Å². The Labute approximate surface area is 140 Å². The van der Waals surface area contributed by atoms with E-state index in [0.29, 0.717) is 13.1 Å². The van der Waals surface area contributed by atoms with Crippen LogP contribution < -0.4 is 0 Å². The van der Waals surface area contributed by atoms with Crippen molar-refractivity contribution in [2.45, 2.75) is 44.0 Å². The molecule has 0 saturated carbocycles. The number of rotatable bonds is 5. The van der Waals surface area contributed by atoms with Crippen LogP contribution in [-0.4, -0.2) is 33.8 Å². The maximum atomic E-state index is 14.2. The molecule has 0 radical (unpaired) electrons. The normalized spacial score (nSPS) is 10.8. The molecular weight excluding hydrogens is 313 g/mol. The van der Waals surface area contributed by atoms with Crippen molar-refractivity contribution in [3.8, 4) is 0 Å². The van der Waals surface area contributed by atoms with Crippen LogP contribution in [0.15, 0.2) is 34.3 Å². The molecule has 6 heteroatoms. The summed E-state index contributed by atoms with van der Waals surface area (Å²) in [5.41, 5.74) is 2.13. The van der Waals surface area contributed by atoms with Crippen molar-refractivity contribution >= 4 is 17.8 Å². The first-order valence-electron chi connectivity index (χ1n) is 7.76. The van der Waals surface area contributed by atoms with Gasteiger partial charge in [-0.05, 0) is 38.3 Å². The minimum atomic E-state index is -0.474. The largest absolute Gasteiger partial charge is 0.344 e. The van der Waals surface area contributed by atoms with Gasteiger partial charge in [0.1, 0.15) is 0 Å². The number of aromatic nitrogens is 2. The number of aryl methyl sites for hydroxylation is 2. The second-order valence-corrected chi connectivity index (χ2v) is 6.41. The molecule has 0 saturated heterocycles. The van der Waals surface area contributed by atoms with Gasteiger partial charge in [-0.15, -0.1) is 0 Å². The van der Waals surface area contributed by atoms with Gasteiger partial charge in [0, 0.05) is 18.0 Å². The fourth-order valence-electron chi connectivity index (χ4n) is 2.36. The van der Waals surface area contributed by atoms with Crippen LogP contribution in [0.4, 0.5) is 9.18 Å². The van der Waals surface area contributed by atoms with Gasteiger partial charge in [0.2, 0.25) is 0 Å². The van der Waals surface area contributed by atoms with E-state index >= 15 is 0 Å². The summed E-state index contributed by atoms with van der Waals surface area (Å²) in [4.78, 5) is 15.0. The quantitative estimate of drug-likeness (QED) is 0.808. The zero-order valence-corrected chi connectivity index (χ0v) is 14.8. The zero-order valence-electron chi connectivity index (χ0n) is 14.0. The Bertz CT molecular complexity index is 679. The summed E-state index contributed by atoms with van der Waals surface area (Å²) in [5.74, 6) is -0.474. The van der Waals surface area contributed by atoms with E-state index in [1.54, 1.807) is 4.90 Å². The molecule has 1 aromatic heterocycles. The van der Waals surface area contributed by atoms with E-state index < -0.39 is 5.82 Å². The van der Waals surface area contributed by atoms with E-state index in [4.69, 9.17) is 0 Å². The molecule has 0 aliphatic rings. The van der Waals surface area contributed by atoms with Crippen molar-refractivity contribution in [2.24, 2.45) is 0 Å². The third kappa shape index (κ3) is 3.93. The Morgan fingerprint density at radius 2 is 1.96 bits per heavy atom. The molecule has 23 heavy (non-hydrogen) atoms. The van der Waals surface area contributed by atoms with Gasteiger partial charge in [0.25, 0.3) is 0 Å². The number of carbonyl (C=O) groups is 1. The van der Waals surface area contributed by atoms with Gasteiger partial charge in [-0.3, -0.25) is 0 Å². The SMILES string of the molecule is CCCN(CC)C(=O)n1cc(F)c(Sc2c(C)cccc2C)n1. The Hall–Kier alpha value is -1.82. The lowest BCUT2D eigenvalue weighted by atomic mass is 10.2. The number of nitrogens with zero attached hydrogens (tertiary/aromatic N) is 3. The average molecular weight is 335 g/mol. The Morgan fingerprint density at radius 3 is 2.52 bits per heavy atom. The van der Waals surface area contributed by atoms with Crippen molar-refractivity contribution in [2.75, 3.05) is 13.1 Å². The first kappa shape index (κ1) is 17.5. The first-order chi connectivity index (χ1) is 11.0. The molecule has 0 bridgehead atoms. The third-order valence-corrected chi connectivity index (χ3v) is 4.91. The maximum absolute atomic E-state index is 14.2.